The minimum absolute atomic E-state index is 0.00828. The van der Waals surface area contributed by atoms with Crippen LogP contribution in [0, 0.1) is 13.8 Å². The Morgan fingerprint density at radius 3 is 1.92 bits per heavy atom. The van der Waals surface area contributed by atoms with Crippen LogP contribution in [0.25, 0.3) is 0 Å². The number of azo groups is 1. The highest BCUT2D eigenvalue weighted by molar-refractivity contribution is 5.51. The average Bonchev–Trinajstić information content (AvgIpc) is 2.57. The first-order valence-electron chi connectivity index (χ1n) is 7.31. The van der Waals surface area contributed by atoms with E-state index in [1.807, 2.05) is 0 Å². The third kappa shape index (κ3) is 3.74. The van der Waals surface area contributed by atoms with Crippen molar-refractivity contribution in [3.8, 4) is 5.88 Å². The van der Waals surface area contributed by atoms with Crippen molar-refractivity contribution in [1.82, 2.24) is 4.57 Å². The van der Waals surface area contributed by atoms with Gasteiger partial charge in [0.05, 0.1) is 5.69 Å². The molecular formula is C16H19N3O6. The molecule has 0 saturated carbocycles. The molecule has 0 fully saturated rings. The van der Waals surface area contributed by atoms with E-state index in [1.54, 1.807) is 13.8 Å². The van der Waals surface area contributed by atoms with Crippen LogP contribution in [-0.4, -0.2) is 30.1 Å². The molecule has 9 heteroatoms. The molecule has 0 aliphatic heterocycles. The summed E-state index contributed by atoms with van der Waals surface area (Å²) in [4.78, 5) is 12.2. The van der Waals surface area contributed by atoms with Gasteiger partial charge in [-0.1, -0.05) is 0 Å². The number of aliphatic hydroxyl groups is 4. The molecule has 0 aliphatic rings. The maximum absolute atomic E-state index is 12.2. The molecule has 0 amide bonds. The van der Waals surface area contributed by atoms with Gasteiger partial charge in [0.15, 0.2) is 24.1 Å². The fraction of sp³-hybridized carbons (Fsp3) is 0.312. The Labute approximate surface area is 142 Å². The molecule has 1 aromatic heterocycles. The number of aliphatic hydroxyl groups excluding tert-OH is 2. The second-order valence-electron chi connectivity index (χ2n) is 5.59. The molecule has 25 heavy (non-hydrogen) atoms. The van der Waals surface area contributed by atoms with Crippen molar-refractivity contribution < 1.29 is 25.5 Å². The summed E-state index contributed by atoms with van der Waals surface area (Å²) in [5, 5.41) is 54.7. The van der Waals surface area contributed by atoms with Gasteiger partial charge in [-0.15, -0.1) is 5.11 Å². The van der Waals surface area contributed by atoms with E-state index in [4.69, 9.17) is 0 Å². The van der Waals surface area contributed by atoms with E-state index in [-0.39, 0.29) is 28.4 Å². The molecule has 2 aromatic rings. The summed E-state index contributed by atoms with van der Waals surface area (Å²) in [6, 6.07) is 3.77. The highest BCUT2D eigenvalue weighted by Gasteiger charge is 2.15. The Bertz CT molecular complexity index is 860. The average molecular weight is 349 g/mol. The number of aromatic hydroxyl groups is 1. The minimum atomic E-state index is -1.84. The fourth-order valence-electron chi connectivity index (χ4n) is 2.25. The predicted molar refractivity (Wildman–Crippen MR) is 87.8 cm³/mol. The van der Waals surface area contributed by atoms with Gasteiger partial charge in [0.2, 0.25) is 0 Å². The third-order valence-electron chi connectivity index (χ3n) is 3.90. The van der Waals surface area contributed by atoms with Gasteiger partial charge >= 0.3 is 0 Å². The van der Waals surface area contributed by atoms with Gasteiger partial charge in [-0.05, 0) is 37.6 Å². The van der Waals surface area contributed by atoms with E-state index in [0.29, 0.717) is 11.1 Å². The van der Waals surface area contributed by atoms with Crippen LogP contribution in [0.1, 0.15) is 34.8 Å². The van der Waals surface area contributed by atoms with E-state index in [9.17, 15) is 30.3 Å². The first kappa shape index (κ1) is 18.7. The van der Waals surface area contributed by atoms with Crippen molar-refractivity contribution in [3.63, 3.8) is 0 Å². The molecule has 1 heterocycles. The van der Waals surface area contributed by atoms with Gasteiger partial charge in [-0.2, -0.15) is 5.11 Å². The van der Waals surface area contributed by atoms with Crippen molar-refractivity contribution in [2.45, 2.75) is 26.4 Å². The Balaban J connectivity index is 2.56. The van der Waals surface area contributed by atoms with Crippen LogP contribution in [0.3, 0.4) is 0 Å². The molecule has 0 atom stereocenters. The lowest BCUT2D eigenvalue weighted by Gasteiger charge is -2.11. The predicted octanol–water partition coefficient (Wildman–Crippen LogP) is 1.09. The Morgan fingerprint density at radius 1 is 0.920 bits per heavy atom. The van der Waals surface area contributed by atoms with Crippen LogP contribution < -0.4 is 5.56 Å². The highest BCUT2D eigenvalue weighted by Crippen LogP contribution is 2.28. The highest BCUT2D eigenvalue weighted by atomic mass is 16.5. The summed E-state index contributed by atoms with van der Waals surface area (Å²) in [6.07, 6.45) is -3.67. The van der Waals surface area contributed by atoms with E-state index >= 15 is 0 Å². The number of rotatable bonds is 4. The molecule has 0 aliphatic carbocycles. The Morgan fingerprint density at radius 2 is 1.44 bits per heavy atom. The number of hydrogen-bond donors (Lipinski definition) is 5. The smallest absolute Gasteiger partial charge is 0.281 e. The third-order valence-corrected chi connectivity index (χ3v) is 3.90. The summed E-state index contributed by atoms with van der Waals surface area (Å²) < 4.78 is 1.04. The SMILES string of the molecule is Cc1c(C)c(O)n(C)c(=O)c1N=Nc1cc(C(O)O)cc(C(O)O)c1. The lowest BCUT2D eigenvalue weighted by Crippen LogP contribution is -2.18. The molecule has 5 N–H and O–H groups in total. The van der Waals surface area contributed by atoms with Crippen molar-refractivity contribution in [1.29, 1.82) is 0 Å². The van der Waals surface area contributed by atoms with Gasteiger partial charge in [0, 0.05) is 23.7 Å². The quantitative estimate of drug-likeness (QED) is 0.412. The number of pyridine rings is 1. The van der Waals surface area contributed by atoms with Gasteiger partial charge in [-0.3, -0.25) is 9.36 Å². The van der Waals surface area contributed by atoms with Crippen molar-refractivity contribution in [2.75, 3.05) is 0 Å². The summed E-state index contributed by atoms with van der Waals surface area (Å²) in [6.45, 7) is 3.24. The van der Waals surface area contributed by atoms with Crippen LogP contribution in [0.2, 0.25) is 0 Å². The Kier molecular flexibility index (Phi) is 5.33. The summed E-state index contributed by atoms with van der Waals surface area (Å²) in [5.41, 5.74) is 0.467. The monoisotopic (exact) mass is 349 g/mol. The largest absolute Gasteiger partial charge is 0.494 e. The van der Waals surface area contributed by atoms with E-state index < -0.39 is 18.1 Å². The first-order chi connectivity index (χ1) is 11.6. The molecular weight excluding hydrogens is 330 g/mol. The molecule has 0 radical (unpaired) electrons. The standard InChI is InChI=1S/C16H19N3O6/c1-7-8(2)13(20)19(3)14(21)12(7)18-17-11-5-9(15(22)23)4-10(6-11)16(24)25/h4-6,15-16,20,22-25H,1-3H3. The molecule has 0 saturated heterocycles. The summed E-state index contributed by atoms with van der Waals surface area (Å²) >= 11 is 0. The van der Waals surface area contributed by atoms with Crippen molar-refractivity contribution in [3.05, 3.63) is 50.8 Å². The second kappa shape index (κ2) is 7.11. The van der Waals surface area contributed by atoms with Gasteiger partial charge in [0.1, 0.15) is 0 Å². The van der Waals surface area contributed by atoms with Crippen LogP contribution in [0.15, 0.2) is 33.2 Å². The van der Waals surface area contributed by atoms with Crippen LogP contribution in [0.4, 0.5) is 11.4 Å². The molecule has 9 nitrogen and oxygen atoms in total. The van der Waals surface area contributed by atoms with E-state index in [2.05, 4.69) is 10.2 Å². The molecule has 0 bridgehead atoms. The first-order valence-corrected chi connectivity index (χ1v) is 7.31. The molecule has 1 aromatic carbocycles. The van der Waals surface area contributed by atoms with Gasteiger partial charge in [0.25, 0.3) is 5.56 Å². The summed E-state index contributed by atoms with van der Waals surface area (Å²) in [5.74, 6) is -0.169. The molecule has 0 spiro atoms. The van der Waals surface area contributed by atoms with Gasteiger partial charge in [-0.25, -0.2) is 0 Å². The second-order valence-corrected chi connectivity index (χ2v) is 5.59. The summed E-state index contributed by atoms with van der Waals surface area (Å²) in [7, 11) is 1.39. The topological polar surface area (TPSA) is 148 Å². The lowest BCUT2D eigenvalue weighted by molar-refractivity contribution is -0.0474. The fourth-order valence-corrected chi connectivity index (χ4v) is 2.25. The Hall–Kier alpha value is -2.59. The van der Waals surface area contributed by atoms with E-state index in [1.165, 1.54) is 25.2 Å². The minimum Gasteiger partial charge on any atom is -0.494 e. The van der Waals surface area contributed by atoms with Crippen molar-refractivity contribution >= 4 is 11.4 Å². The number of nitrogens with zero attached hydrogens (tertiary/aromatic N) is 3. The number of hydrogen-bond acceptors (Lipinski definition) is 8. The molecule has 2 rings (SSSR count). The molecule has 134 valence electrons. The maximum Gasteiger partial charge on any atom is 0.281 e. The van der Waals surface area contributed by atoms with Crippen LogP contribution in [-0.2, 0) is 7.05 Å². The zero-order chi connectivity index (χ0) is 18.9. The van der Waals surface area contributed by atoms with Crippen LogP contribution in [0.5, 0.6) is 5.88 Å². The van der Waals surface area contributed by atoms with E-state index in [0.717, 1.165) is 4.57 Å². The normalized spacial score (nSPS) is 11.9. The number of benzene rings is 1. The maximum atomic E-state index is 12.2. The molecule has 0 unspecified atom stereocenters. The zero-order valence-electron chi connectivity index (χ0n) is 13.9. The number of aromatic nitrogens is 1. The van der Waals surface area contributed by atoms with Gasteiger partial charge < -0.3 is 25.5 Å². The van der Waals surface area contributed by atoms with Crippen LogP contribution >= 0.6 is 0 Å². The van der Waals surface area contributed by atoms with Crippen molar-refractivity contribution in [2.24, 2.45) is 17.3 Å². The lowest BCUT2D eigenvalue weighted by atomic mass is 10.1. The zero-order valence-corrected chi connectivity index (χ0v) is 13.9.